The van der Waals surface area contributed by atoms with Crippen LogP contribution in [0.1, 0.15) is 18.4 Å². The number of benzene rings is 1. The first-order valence-corrected chi connectivity index (χ1v) is 7.05. The van der Waals surface area contributed by atoms with Crippen LogP contribution in [-0.4, -0.2) is 24.1 Å². The second-order valence-corrected chi connectivity index (χ2v) is 5.40. The topological polar surface area (TPSA) is 12.0 Å². The summed E-state index contributed by atoms with van der Waals surface area (Å²) in [5.41, 5.74) is 1.08. The lowest BCUT2D eigenvalue weighted by molar-refractivity contribution is 0.510. The normalized spacial score (nSPS) is 20.9. The van der Waals surface area contributed by atoms with Crippen LogP contribution in [0.2, 0.25) is 0 Å². The molecule has 0 radical (unpaired) electrons. The van der Waals surface area contributed by atoms with Gasteiger partial charge < -0.3 is 5.32 Å². The van der Waals surface area contributed by atoms with E-state index in [2.05, 4.69) is 5.32 Å². The standard InChI is InChI=1S/C13H18FNS/c14-12-4-1-3-11(9-12)6-7-15-13-5-2-8-16-10-13/h1,3-4,9,13,15H,2,5-8,10H2. The average molecular weight is 239 g/mol. The highest BCUT2D eigenvalue weighted by Crippen LogP contribution is 2.16. The Balaban J connectivity index is 1.71. The van der Waals surface area contributed by atoms with E-state index in [0.29, 0.717) is 6.04 Å². The zero-order chi connectivity index (χ0) is 11.2. The minimum absolute atomic E-state index is 0.134. The molecule has 2 rings (SSSR count). The van der Waals surface area contributed by atoms with Gasteiger partial charge in [-0.05, 0) is 49.3 Å². The number of thioether (sulfide) groups is 1. The van der Waals surface area contributed by atoms with Crippen LogP contribution >= 0.6 is 11.8 Å². The minimum atomic E-state index is -0.134. The molecular weight excluding hydrogens is 221 g/mol. The Kier molecular flexibility index (Phi) is 4.67. The van der Waals surface area contributed by atoms with Gasteiger partial charge in [0.2, 0.25) is 0 Å². The zero-order valence-electron chi connectivity index (χ0n) is 9.42. The molecule has 1 saturated heterocycles. The van der Waals surface area contributed by atoms with E-state index in [4.69, 9.17) is 0 Å². The molecule has 1 N–H and O–H groups in total. The first kappa shape index (κ1) is 11.9. The van der Waals surface area contributed by atoms with E-state index in [-0.39, 0.29) is 5.82 Å². The highest BCUT2D eigenvalue weighted by molar-refractivity contribution is 7.99. The van der Waals surface area contributed by atoms with Crippen molar-refractivity contribution in [2.45, 2.75) is 25.3 Å². The lowest BCUT2D eigenvalue weighted by Gasteiger charge is -2.22. The number of rotatable bonds is 4. The summed E-state index contributed by atoms with van der Waals surface area (Å²) < 4.78 is 12.9. The van der Waals surface area contributed by atoms with E-state index < -0.39 is 0 Å². The Labute approximate surface area is 101 Å². The van der Waals surface area contributed by atoms with E-state index in [1.807, 2.05) is 17.8 Å². The smallest absolute Gasteiger partial charge is 0.123 e. The van der Waals surface area contributed by atoms with Gasteiger partial charge in [0.1, 0.15) is 5.82 Å². The summed E-state index contributed by atoms with van der Waals surface area (Å²) in [6.45, 7) is 0.953. The maximum atomic E-state index is 12.9. The van der Waals surface area contributed by atoms with Crippen molar-refractivity contribution < 1.29 is 4.39 Å². The van der Waals surface area contributed by atoms with Gasteiger partial charge >= 0.3 is 0 Å². The number of halogens is 1. The predicted molar refractivity (Wildman–Crippen MR) is 68.5 cm³/mol. The molecule has 0 bridgehead atoms. The largest absolute Gasteiger partial charge is 0.313 e. The molecule has 0 saturated carbocycles. The van der Waals surface area contributed by atoms with Gasteiger partial charge in [0.05, 0.1) is 0 Å². The van der Waals surface area contributed by atoms with Crippen molar-refractivity contribution in [2.75, 3.05) is 18.1 Å². The summed E-state index contributed by atoms with van der Waals surface area (Å²) in [6.07, 6.45) is 3.53. The summed E-state index contributed by atoms with van der Waals surface area (Å²) in [5, 5.41) is 3.55. The summed E-state index contributed by atoms with van der Waals surface area (Å²) in [5.74, 6) is 2.40. The molecule has 88 valence electrons. The van der Waals surface area contributed by atoms with Crippen LogP contribution in [0.5, 0.6) is 0 Å². The Hall–Kier alpha value is -0.540. The van der Waals surface area contributed by atoms with E-state index in [9.17, 15) is 4.39 Å². The van der Waals surface area contributed by atoms with Crippen molar-refractivity contribution in [3.8, 4) is 0 Å². The van der Waals surface area contributed by atoms with Crippen LogP contribution in [0, 0.1) is 5.82 Å². The summed E-state index contributed by atoms with van der Waals surface area (Å²) in [7, 11) is 0. The molecule has 0 aromatic heterocycles. The molecule has 1 aliphatic rings. The van der Waals surface area contributed by atoms with E-state index in [1.165, 1.54) is 30.4 Å². The fourth-order valence-electron chi connectivity index (χ4n) is 2.01. The van der Waals surface area contributed by atoms with Crippen LogP contribution in [0.15, 0.2) is 24.3 Å². The van der Waals surface area contributed by atoms with Gasteiger partial charge in [-0.2, -0.15) is 11.8 Å². The fraction of sp³-hybridized carbons (Fsp3) is 0.538. The molecule has 1 heterocycles. The Morgan fingerprint density at radius 3 is 3.12 bits per heavy atom. The van der Waals surface area contributed by atoms with Gasteiger partial charge in [0.25, 0.3) is 0 Å². The molecule has 1 aromatic rings. The molecule has 1 fully saturated rings. The average Bonchev–Trinajstić information content (AvgIpc) is 2.30. The van der Waals surface area contributed by atoms with Gasteiger partial charge in [-0.15, -0.1) is 0 Å². The van der Waals surface area contributed by atoms with Crippen LogP contribution in [-0.2, 0) is 6.42 Å². The summed E-state index contributed by atoms with van der Waals surface area (Å²) in [4.78, 5) is 0. The maximum Gasteiger partial charge on any atom is 0.123 e. The number of hydrogen-bond donors (Lipinski definition) is 1. The second-order valence-electron chi connectivity index (χ2n) is 4.25. The van der Waals surface area contributed by atoms with Crippen molar-refractivity contribution >= 4 is 11.8 Å². The van der Waals surface area contributed by atoms with Crippen molar-refractivity contribution in [2.24, 2.45) is 0 Å². The highest BCUT2D eigenvalue weighted by Gasteiger charge is 2.12. The van der Waals surface area contributed by atoms with E-state index >= 15 is 0 Å². The van der Waals surface area contributed by atoms with Gasteiger partial charge in [-0.25, -0.2) is 4.39 Å². The summed E-state index contributed by atoms with van der Waals surface area (Å²) in [6, 6.07) is 7.54. The van der Waals surface area contributed by atoms with Gasteiger partial charge in [-0.1, -0.05) is 12.1 Å². The molecule has 0 aliphatic carbocycles. The molecule has 0 amide bonds. The third-order valence-electron chi connectivity index (χ3n) is 2.90. The van der Waals surface area contributed by atoms with Gasteiger partial charge in [0, 0.05) is 11.8 Å². The zero-order valence-corrected chi connectivity index (χ0v) is 10.2. The number of nitrogens with one attached hydrogen (secondary N) is 1. The first-order chi connectivity index (χ1) is 7.84. The summed E-state index contributed by atoms with van der Waals surface area (Å²) >= 11 is 2.03. The van der Waals surface area contributed by atoms with Crippen LogP contribution in [0.4, 0.5) is 4.39 Å². The Bertz CT molecular complexity index is 323. The molecule has 1 atom stereocenters. The molecule has 0 spiro atoms. The molecule has 1 nitrogen and oxygen atoms in total. The van der Waals surface area contributed by atoms with Gasteiger partial charge in [-0.3, -0.25) is 0 Å². The molecule has 1 unspecified atom stereocenters. The predicted octanol–water partition coefficient (Wildman–Crippen LogP) is 2.85. The third kappa shape index (κ3) is 3.80. The van der Waals surface area contributed by atoms with Crippen LogP contribution in [0.3, 0.4) is 0 Å². The molecule has 3 heteroatoms. The molecule has 1 aromatic carbocycles. The minimum Gasteiger partial charge on any atom is -0.313 e. The number of hydrogen-bond acceptors (Lipinski definition) is 2. The SMILES string of the molecule is Fc1cccc(CCNC2CCCSC2)c1. The quantitative estimate of drug-likeness (QED) is 0.867. The van der Waals surface area contributed by atoms with E-state index in [0.717, 1.165) is 18.5 Å². The third-order valence-corrected chi connectivity index (χ3v) is 4.11. The van der Waals surface area contributed by atoms with Crippen LogP contribution < -0.4 is 5.32 Å². The van der Waals surface area contributed by atoms with Crippen LogP contribution in [0.25, 0.3) is 0 Å². The fourth-order valence-corrected chi connectivity index (χ4v) is 3.12. The Morgan fingerprint density at radius 1 is 1.44 bits per heavy atom. The lowest BCUT2D eigenvalue weighted by Crippen LogP contribution is -2.35. The maximum absolute atomic E-state index is 12.9. The Morgan fingerprint density at radius 2 is 2.38 bits per heavy atom. The lowest BCUT2D eigenvalue weighted by atomic mass is 10.1. The van der Waals surface area contributed by atoms with Crippen molar-refractivity contribution in [1.29, 1.82) is 0 Å². The second kappa shape index (κ2) is 6.26. The molecular formula is C13H18FNS. The molecule has 1 aliphatic heterocycles. The van der Waals surface area contributed by atoms with Crippen molar-refractivity contribution in [3.05, 3.63) is 35.6 Å². The first-order valence-electron chi connectivity index (χ1n) is 5.90. The van der Waals surface area contributed by atoms with E-state index in [1.54, 1.807) is 12.1 Å². The monoisotopic (exact) mass is 239 g/mol. The molecule has 16 heavy (non-hydrogen) atoms. The van der Waals surface area contributed by atoms with Crippen molar-refractivity contribution in [1.82, 2.24) is 5.32 Å². The van der Waals surface area contributed by atoms with Gasteiger partial charge in [0.15, 0.2) is 0 Å². The van der Waals surface area contributed by atoms with Crippen molar-refractivity contribution in [3.63, 3.8) is 0 Å². The highest BCUT2D eigenvalue weighted by atomic mass is 32.2.